The molecule has 1 heterocycles. The minimum absolute atomic E-state index is 0.178. The second kappa shape index (κ2) is 9.09. The van der Waals surface area contributed by atoms with E-state index in [2.05, 4.69) is 16.9 Å². The van der Waals surface area contributed by atoms with Crippen molar-refractivity contribution in [3.05, 3.63) is 71.7 Å². The van der Waals surface area contributed by atoms with Gasteiger partial charge in [-0.1, -0.05) is 30.9 Å². The quantitative estimate of drug-likeness (QED) is 0.566. The molecule has 0 unspecified atom stereocenters. The Morgan fingerprint density at radius 1 is 1.15 bits per heavy atom. The fourth-order valence-electron chi connectivity index (χ4n) is 2.40. The molecular weight excluding hydrogens is 360 g/mol. The second-order valence-electron chi connectivity index (χ2n) is 5.55. The third-order valence-corrected chi connectivity index (χ3v) is 4.50. The van der Waals surface area contributed by atoms with Gasteiger partial charge in [0.1, 0.15) is 18.1 Å². The van der Waals surface area contributed by atoms with E-state index in [9.17, 15) is 4.79 Å². The molecule has 0 atom stereocenters. The van der Waals surface area contributed by atoms with Crippen LogP contribution in [0.2, 0.25) is 0 Å². The molecule has 1 aliphatic heterocycles. The largest absolute Gasteiger partial charge is 0.494 e. The smallest absolute Gasteiger partial charge is 0.264 e. The van der Waals surface area contributed by atoms with Crippen LogP contribution in [0.3, 0.4) is 0 Å². The Balaban J connectivity index is 1.77. The summed E-state index contributed by atoms with van der Waals surface area (Å²) in [6, 6.07) is 15.0. The van der Waals surface area contributed by atoms with Gasteiger partial charge in [-0.05, 0) is 55.1 Å². The fourth-order valence-corrected chi connectivity index (χ4v) is 3.24. The summed E-state index contributed by atoms with van der Waals surface area (Å²) < 4.78 is 11.1. The zero-order valence-electron chi connectivity index (χ0n) is 15.0. The lowest BCUT2D eigenvalue weighted by Crippen LogP contribution is -2.19. The highest BCUT2D eigenvalue weighted by Gasteiger charge is 2.24. The van der Waals surface area contributed by atoms with Crippen LogP contribution in [-0.4, -0.2) is 24.3 Å². The van der Waals surface area contributed by atoms with Crippen molar-refractivity contribution in [2.45, 2.75) is 6.92 Å². The topological polar surface area (TPSA) is 59.9 Å². The van der Waals surface area contributed by atoms with Gasteiger partial charge in [-0.3, -0.25) is 4.79 Å². The van der Waals surface area contributed by atoms with Crippen molar-refractivity contribution < 1.29 is 14.3 Å². The molecule has 2 aromatic rings. The van der Waals surface area contributed by atoms with E-state index in [4.69, 9.17) is 9.47 Å². The number of aliphatic imine (C=N–C) groups is 1. The number of rotatable bonds is 7. The zero-order chi connectivity index (χ0) is 19.1. The number of nitrogens with one attached hydrogen (secondary N) is 1. The highest BCUT2D eigenvalue weighted by molar-refractivity contribution is 8.18. The predicted molar refractivity (Wildman–Crippen MR) is 111 cm³/mol. The van der Waals surface area contributed by atoms with Crippen molar-refractivity contribution >= 4 is 34.6 Å². The van der Waals surface area contributed by atoms with Crippen LogP contribution in [-0.2, 0) is 4.79 Å². The minimum Gasteiger partial charge on any atom is -0.494 e. The molecule has 1 aliphatic rings. The Bertz CT molecular complexity index is 889. The molecule has 0 radical (unpaired) electrons. The van der Waals surface area contributed by atoms with Crippen LogP contribution >= 0.6 is 11.8 Å². The van der Waals surface area contributed by atoms with Crippen LogP contribution in [0.4, 0.5) is 5.69 Å². The van der Waals surface area contributed by atoms with Gasteiger partial charge in [0.2, 0.25) is 0 Å². The zero-order valence-corrected chi connectivity index (χ0v) is 15.8. The summed E-state index contributed by atoms with van der Waals surface area (Å²) in [5.74, 6) is 1.32. The summed E-state index contributed by atoms with van der Waals surface area (Å²) in [5, 5.41) is 3.33. The molecular formula is C21H20N2O3S. The molecule has 1 fully saturated rings. The van der Waals surface area contributed by atoms with Crippen LogP contribution in [0.5, 0.6) is 11.5 Å². The first kappa shape index (κ1) is 18.8. The standard InChI is InChI=1S/C21H20N2O3S/c1-3-13-26-18-8-6-5-7-15(18)14-19-20(24)23-21(27-19)22-16-9-11-17(12-10-16)25-4-2/h3,5-12,14H,1,4,13H2,2H3,(H,22,23,24)/b19-14-. The number of benzene rings is 2. The lowest BCUT2D eigenvalue weighted by molar-refractivity contribution is -0.115. The summed E-state index contributed by atoms with van der Waals surface area (Å²) >= 11 is 1.30. The van der Waals surface area contributed by atoms with Gasteiger partial charge in [0.25, 0.3) is 5.91 Å². The van der Waals surface area contributed by atoms with Gasteiger partial charge in [-0.15, -0.1) is 0 Å². The van der Waals surface area contributed by atoms with Gasteiger partial charge < -0.3 is 14.8 Å². The average molecular weight is 380 g/mol. The Kier molecular flexibility index (Phi) is 6.33. The van der Waals surface area contributed by atoms with E-state index >= 15 is 0 Å². The number of ether oxygens (including phenoxy) is 2. The monoisotopic (exact) mass is 380 g/mol. The summed E-state index contributed by atoms with van der Waals surface area (Å²) in [7, 11) is 0. The maximum atomic E-state index is 12.3. The number of para-hydroxylation sites is 1. The third kappa shape index (κ3) is 5.01. The normalized spacial score (nSPS) is 16.4. The molecule has 6 heteroatoms. The van der Waals surface area contributed by atoms with E-state index in [-0.39, 0.29) is 5.91 Å². The molecule has 1 amide bonds. The highest BCUT2D eigenvalue weighted by atomic mass is 32.2. The number of thioether (sulfide) groups is 1. The number of nitrogens with zero attached hydrogens (tertiary/aromatic N) is 1. The van der Waals surface area contributed by atoms with Gasteiger partial charge in [0, 0.05) is 5.56 Å². The number of carbonyl (C=O) groups excluding carboxylic acids is 1. The van der Waals surface area contributed by atoms with Gasteiger partial charge in [-0.2, -0.15) is 0 Å². The summed E-state index contributed by atoms with van der Waals surface area (Å²) in [6.07, 6.45) is 3.49. The lowest BCUT2D eigenvalue weighted by Gasteiger charge is -2.06. The van der Waals surface area contributed by atoms with Crippen LogP contribution in [0.25, 0.3) is 6.08 Å². The van der Waals surface area contributed by atoms with E-state index in [1.807, 2.05) is 55.5 Å². The Hall–Kier alpha value is -2.99. The van der Waals surface area contributed by atoms with Crippen molar-refractivity contribution in [2.24, 2.45) is 4.99 Å². The lowest BCUT2D eigenvalue weighted by atomic mass is 10.2. The van der Waals surface area contributed by atoms with Gasteiger partial charge in [0.15, 0.2) is 5.17 Å². The molecule has 1 N–H and O–H groups in total. The first-order chi connectivity index (χ1) is 13.2. The predicted octanol–water partition coefficient (Wildman–Crippen LogP) is 4.54. The maximum Gasteiger partial charge on any atom is 0.264 e. The van der Waals surface area contributed by atoms with Gasteiger partial charge in [-0.25, -0.2) is 4.99 Å². The summed E-state index contributed by atoms with van der Waals surface area (Å²) in [5.41, 5.74) is 1.58. The van der Waals surface area contributed by atoms with E-state index in [0.717, 1.165) is 17.0 Å². The molecule has 0 bridgehead atoms. The van der Waals surface area contributed by atoms with Crippen LogP contribution in [0, 0.1) is 0 Å². The minimum atomic E-state index is -0.178. The molecule has 2 aromatic carbocycles. The molecule has 3 rings (SSSR count). The molecule has 5 nitrogen and oxygen atoms in total. The van der Waals surface area contributed by atoms with Crippen LogP contribution in [0.1, 0.15) is 12.5 Å². The van der Waals surface area contributed by atoms with E-state index in [1.165, 1.54) is 11.8 Å². The Morgan fingerprint density at radius 3 is 2.67 bits per heavy atom. The first-order valence-electron chi connectivity index (χ1n) is 8.54. The van der Waals surface area contributed by atoms with Crippen molar-refractivity contribution in [2.75, 3.05) is 13.2 Å². The number of amides is 1. The van der Waals surface area contributed by atoms with Crippen molar-refractivity contribution in [3.8, 4) is 11.5 Å². The first-order valence-corrected chi connectivity index (χ1v) is 9.36. The van der Waals surface area contributed by atoms with E-state index < -0.39 is 0 Å². The van der Waals surface area contributed by atoms with Gasteiger partial charge in [0.05, 0.1) is 17.2 Å². The van der Waals surface area contributed by atoms with Crippen molar-refractivity contribution in [1.82, 2.24) is 5.32 Å². The number of hydrogen-bond acceptors (Lipinski definition) is 5. The van der Waals surface area contributed by atoms with E-state index in [1.54, 1.807) is 12.2 Å². The van der Waals surface area contributed by atoms with Crippen LogP contribution in [0.15, 0.2) is 71.1 Å². The molecule has 0 aliphatic carbocycles. The number of hydrogen-bond donors (Lipinski definition) is 1. The third-order valence-electron chi connectivity index (χ3n) is 3.59. The Morgan fingerprint density at radius 2 is 1.93 bits per heavy atom. The SMILES string of the molecule is C=CCOc1ccccc1/C=C1\SC(=Nc2ccc(OCC)cc2)NC1=O. The fraction of sp³-hybridized carbons (Fsp3) is 0.143. The summed E-state index contributed by atoms with van der Waals surface area (Å²) in [4.78, 5) is 17.3. The molecule has 0 aromatic heterocycles. The number of amidine groups is 1. The Labute approximate surface area is 162 Å². The van der Waals surface area contributed by atoms with Crippen LogP contribution < -0.4 is 14.8 Å². The van der Waals surface area contributed by atoms with Crippen molar-refractivity contribution in [3.63, 3.8) is 0 Å². The summed E-state index contributed by atoms with van der Waals surface area (Å²) in [6.45, 7) is 6.62. The molecule has 27 heavy (non-hydrogen) atoms. The molecule has 138 valence electrons. The van der Waals surface area contributed by atoms with E-state index in [0.29, 0.717) is 29.0 Å². The maximum absolute atomic E-state index is 12.3. The highest BCUT2D eigenvalue weighted by Crippen LogP contribution is 2.31. The molecule has 0 saturated carbocycles. The second-order valence-corrected chi connectivity index (χ2v) is 6.58. The average Bonchev–Trinajstić information content (AvgIpc) is 3.02. The van der Waals surface area contributed by atoms with Crippen molar-refractivity contribution in [1.29, 1.82) is 0 Å². The van der Waals surface area contributed by atoms with Gasteiger partial charge >= 0.3 is 0 Å². The molecule has 1 saturated heterocycles. The number of carbonyl (C=O) groups is 1. The molecule has 0 spiro atoms.